The Hall–Kier alpha value is -0.950. The zero-order chi connectivity index (χ0) is 10.8. The van der Waals surface area contributed by atoms with Gasteiger partial charge in [0, 0.05) is 4.48 Å². The Kier molecular flexibility index (Phi) is 3.01. The lowest BCUT2D eigenvalue weighted by molar-refractivity contribution is 0.243. The molecule has 1 saturated heterocycles. The highest BCUT2D eigenvalue weighted by Crippen LogP contribution is 2.28. The van der Waals surface area contributed by atoms with E-state index in [1.165, 1.54) is 0 Å². The fraction of sp³-hybridized carbons (Fsp3) is 0.500. The number of fused-ring (bicyclic) bond motifs is 1. The van der Waals surface area contributed by atoms with E-state index in [4.69, 9.17) is 4.74 Å². The normalized spacial score (nSPS) is 20.1. The molecule has 0 saturated carbocycles. The van der Waals surface area contributed by atoms with Crippen LogP contribution in [0.15, 0.2) is 21.8 Å². The first-order valence-electron chi connectivity index (χ1n) is 4.54. The van der Waals surface area contributed by atoms with Gasteiger partial charge in [-0.2, -0.15) is 0 Å². The number of nitrogens with one attached hydrogen (secondary N) is 3. The van der Waals surface area contributed by atoms with E-state index in [9.17, 15) is 4.39 Å². The number of hydrazine groups is 2. The Morgan fingerprint density at radius 3 is 3.07 bits per heavy atom. The van der Waals surface area contributed by atoms with Gasteiger partial charge in [-0.15, -0.1) is 5.53 Å². The minimum atomic E-state index is -0.415. The maximum atomic E-state index is 12.3. The molecule has 0 aromatic heterocycles. The first-order chi connectivity index (χ1) is 7.27. The second-order valence-electron chi connectivity index (χ2n) is 3.09. The van der Waals surface area contributed by atoms with E-state index in [1.807, 2.05) is 0 Å². The van der Waals surface area contributed by atoms with Gasteiger partial charge in [-0.1, -0.05) is 15.9 Å². The van der Waals surface area contributed by atoms with E-state index in [2.05, 4.69) is 32.2 Å². The van der Waals surface area contributed by atoms with Crippen molar-refractivity contribution in [1.29, 1.82) is 0 Å². The zero-order valence-corrected chi connectivity index (χ0v) is 9.82. The monoisotopic (exact) mass is 278 g/mol. The van der Waals surface area contributed by atoms with Crippen LogP contribution in [0.4, 0.5) is 4.39 Å². The van der Waals surface area contributed by atoms with Crippen LogP contribution in [0.1, 0.15) is 0 Å². The van der Waals surface area contributed by atoms with Crippen molar-refractivity contribution < 1.29 is 9.13 Å². The molecule has 84 valence electrons. The minimum Gasteiger partial charge on any atom is -0.481 e. The maximum absolute atomic E-state index is 12.3. The van der Waals surface area contributed by atoms with Crippen LogP contribution in [0.3, 0.4) is 0 Å². The number of dihydropyridines is 1. The van der Waals surface area contributed by atoms with E-state index in [0.717, 1.165) is 15.9 Å². The van der Waals surface area contributed by atoms with Gasteiger partial charge in [0.1, 0.15) is 12.4 Å². The molecule has 7 heteroatoms. The number of hydrogen-bond donors (Lipinski definition) is 3. The highest BCUT2D eigenvalue weighted by Gasteiger charge is 2.30. The molecule has 0 aliphatic carbocycles. The summed E-state index contributed by atoms with van der Waals surface area (Å²) >= 11 is 3.45. The number of ether oxygens (including phenoxy) is 1. The summed E-state index contributed by atoms with van der Waals surface area (Å²) in [6.07, 6.45) is 0. The molecule has 0 bridgehead atoms. The van der Waals surface area contributed by atoms with Crippen molar-refractivity contribution in [3.05, 3.63) is 21.8 Å². The average Bonchev–Trinajstić information content (AvgIpc) is 2.64. The molecule has 1 fully saturated rings. The molecule has 0 aromatic carbocycles. The van der Waals surface area contributed by atoms with Gasteiger partial charge in [0.2, 0.25) is 5.88 Å². The summed E-state index contributed by atoms with van der Waals surface area (Å²) in [6, 6.07) is 0. The van der Waals surface area contributed by atoms with Crippen molar-refractivity contribution in [1.82, 2.24) is 21.3 Å². The Morgan fingerprint density at radius 2 is 2.40 bits per heavy atom. The van der Waals surface area contributed by atoms with Crippen LogP contribution in [0, 0.1) is 0 Å². The highest BCUT2D eigenvalue weighted by atomic mass is 79.9. The van der Waals surface area contributed by atoms with E-state index in [0.29, 0.717) is 12.4 Å². The SMILES string of the molecule is COC1=C2NNN(CCF)C2=C(Br)CN1. The molecule has 0 aromatic rings. The largest absolute Gasteiger partial charge is 0.481 e. The summed E-state index contributed by atoms with van der Waals surface area (Å²) < 4.78 is 18.4. The van der Waals surface area contributed by atoms with Crippen molar-refractivity contribution in [2.24, 2.45) is 0 Å². The van der Waals surface area contributed by atoms with Gasteiger partial charge < -0.3 is 10.1 Å². The summed E-state index contributed by atoms with van der Waals surface area (Å²) in [5.41, 5.74) is 7.50. The molecular weight excluding hydrogens is 267 g/mol. The smallest absolute Gasteiger partial charge is 0.214 e. The van der Waals surface area contributed by atoms with Crippen molar-refractivity contribution in [3.8, 4) is 0 Å². The van der Waals surface area contributed by atoms with E-state index >= 15 is 0 Å². The van der Waals surface area contributed by atoms with Crippen LogP contribution >= 0.6 is 15.9 Å². The van der Waals surface area contributed by atoms with Crippen molar-refractivity contribution in [3.63, 3.8) is 0 Å². The Labute approximate surface area is 95.4 Å². The van der Waals surface area contributed by atoms with Gasteiger partial charge in [0.15, 0.2) is 0 Å². The average molecular weight is 279 g/mol. The number of alkyl halides is 1. The number of methoxy groups -OCH3 is 1. The minimum absolute atomic E-state index is 0.290. The second kappa shape index (κ2) is 4.28. The predicted molar refractivity (Wildman–Crippen MR) is 56.9 cm³/mol. The third kappa shape index (κ3) is 1.76. The first-order valence-corrected chi connectivity index (χ1v) is 5.33. The van der Waals surface area contributed by atoms with Crippen molar-refractivity contribution in [2.45, 2.75) is 0 Å². The van der Waals surface area contributed by atoms with Crippen LogP contribution in [0.25, 0.3) is 0 Å². The number of nitrogens with zero attached hydrogens (tertiary/aromatic N) is 1. The zero-order valence-electron chi connectivity index (χ0n) is 8.23. The Morgan fingerprint density at radius 1 is 1.60 bits per heavy atom. The molecule has 2 aliphatic heterocycles. The lowest BCUT2D eigenvalue weighted by Gasteiger charge is -2.22. The fourth-order valence-corrected chi connectivity index (χ4v) is 2.13. The summed E-state index contributed by atoms with van der Waals surface area (Å²) in [7, 11) is 1.59. The molecule has 0 atom stereocenters. The molecule has 2 heterocycles. The molecular formula is C8H12BrFN4O. The molecule has 5 nitrogen and oxygen atoms in total. The summed E-state index contributed by atoms with van der Waals surface area (Å²) in [4.78, 5) is 0. The highest BCUT2D eigenvalue weighted by molar-refractivity contribution is 9.11. The van der Waals surface area contributed by atoms with Crippen LogP contribution in [-0.4, -0.2) is 31.9 Å². The van der Waals surface area contributed by atoms with E-state index in [-0.39, 0.29) is 6.54 Å². The quantitative estimate of drug-likeness (QED) is 0.694. The topological polar surface area (TPSA) is 48.6 Å². The standard InChI is InChI=1S/C8H12BrFN4O/c1-15-8-6-7(5(9)4-11-8)14(3-2-10)13-12-6/h11-13H,2-4H2,1H3. The van der Waals surface area contributed by atoms with Crippen LogP contribution in [0.2, 0.25) is 0 Å². The first kappa shape index (κ1) is 10.6. The number of rotatable bonds is 3. The summed E-state index contributed by atoms with van der Waals surface area (Å²) in [6.45, 7) is 0.508. The van der Waals surface area contributed by atoms with E-state index < -0.39 is 6.67 Å². The van der Waals surface area contributed by atoms with Gasteiger partial charge in [-0.3, -0.25) is 10.4 Å². The van der Waals surface area contributed by atoms with Gasteiger partial charge >= 0.3 is 0 Å². The van der Waals surface area contributed by atoms with Crippen LogP contribution < -0.4 is 16.3 Å². The lowest BCUT2D eigenvalue weighted by Crippen LogP contribution is -2.36. The molecule has 3 N–H and O–H groups in total. The summed E-state index contributed by atoms with van der Waals surface area (Å²) in [5.74, 6) is 0.655. The third-order valence-electron chi connectivity index (χ3n) is 2.22. The number of halogens is 2. The van der Waals surface area contributed by atoms with Crippen molar-refractivity contribution in [2.75, 3.05) is 26.9 Å². The van der Waals surface area contributed by atoms with Gasteiger partial charge in [0.25, 0.3) is 0 Å². The molecule has 0 amide bonds. The van der Waals surface area contributed by atoms with E-state index in [1.54, 1.807) is 12.1 Å². The molecule has 0 radical (unpaired) electrons. The van der Waals surface area contributed by atoms with Gasteiger partial charge in [-0.05, 0) is 0 Å². The maximum Gasteiger partial charge on any atom is 0.214 e. The van der Waals surface area contributed by atoms with Crippen LogP contribution in [-0.2, 0) is 4.74 Å². The van der Waals surface area contributed by atoms with Gasteiger partial charge in [-0.25, -0.2) is 4.39 Å². The molecule has 0 spiro atoms. The number of hydrogen-bond acceptors (Lipinski definition) is 5. The van der Waals surface area contributed by atoms with Gasteiger partial charge in [0.05, 0.1) is 25.9 Å². The second-order valence-corrected chi connectivity index (χ2v) is 4.05. The molecule has 2 rings (SSSR count). The third-order valence-corrected chi connectivity index (χ3v) is 2.88. The van der Waals surface area contributed by atoms with Crippen molar-refractivity contribution >= 4 is 15.9 Å². The Balaban J connectivity index is 2.31. The Bertz CT molecular complexity index is 331. The van der Waals surface area contributed by atoms with Crippen LogP contribution in [0.5, 0.6) is 0 Å². The lowest BCUT2D eigenvalue weighted by atomic mass is 10.2. The molecule has 0 unspecified atom stereocenters. The summed E-state index contributed by atoms with van der Waals surface area (Å²) in [5, 5.41) is 4.79. The molecule has 15 heavy (non-hydrogen) atoms. The predicted octanol–water partition coefficient (Wildman–Crippen LogP) is 0.306. The fourth-order valence-electron chi connectivity index (χ4n) is 1.58. The molecule has 2 aliphatic rings.